The van der Waals surface area contributed by atoms with Gasteiger partial charge in [-0.1, -0.05) is 6.07 Å². The molecule has 0 bridgehead atoms. The van der Waals surface area contributed by atoms with Crippen LogP contribution in [-0.2, 0) is 6.54 Å². The zero-order valence-corrected chi connectivity index (χ0v) is 11.1. The summed E-state index contributed by atoms with van der Waals surface area (Å²) in [6.07, 6.45) is 8.56. The minimum atomic E-state index is -0.419. The molecule has 0 radical (unpaired) electrons. The summed E-state index contributed by atoms with van der Waals surface area (Å²) in [6.45, 7) is 1.53. The maximum absolute atomic E-state index is 10.6. The van der Waals surface area contributed by atoms with Crippen LogP contribution < -0.4 is 4.74 Å². The molecule has 0 unspecified atom stereocenters. The molecular formula is C14H17N3O3. The van der Waals surface area contributed by atoms with Crippen molar-refractivity contribution in [2.75, 3.05) is 6.61 Å². The molecule has 1 aromatic heterocycles. The van der Waals surface area contributed by atoms with Gasteiger partial charge >= 0.3 is 0 Å². The van der Waals surface area contributed by atoms with Crippen LogP contribution in [0.1, 0.15) is 19.3 Å². The van der Waals surface area contributed by atoms with Crippen LogP contribution in [0.5, 0.6) is 5.75 Å². The highest BCUT2D eigenvalue weighted by molar-refractivity contribution is 5.37. The number of unbranched alkanes of at least 4 members (excludes halogenated alkanes) is 2. The lowest BCUT2D eigenvalue weighted by Gasteiger charge is -2.06. The highest BCUT2D eigenvalue weighted by Gasteiger charge is 2.05. The SMILES string of the molecule is O=[N+]([O-])c1cccc(OCCCCCn2ccnc2)c1. The number of nitrogens with zero attached hydrogens (tertiary/aromatic N) is 3. The number of aryl methyl sites for hydroxylation is 1. The van der Waals surface area contributed by atoms with Crippen molar-refractivity contribution in [2.45, 2.75) is 25.8 Å². The van der Waals surface area contributed by atoms with E-state index >= 15 is 0 Å². The normalized spacial score (nSPS) is 10.4. The van der Waals surface area contributed by atoms with Crippen molar-refractivity contribution in [1.29, 1.82) is 0 Å². The first-order valence-electron chi connectivity index (χ1n) is 6.59. The summed E-state index contributed by atoms with van der Waals surface area (Å²) in [5.74, 6) is 0.550. The summed E-state index contributed by atoms with van der Waals surface area (Å²) in [6, 6.07) is 6.27. The molecule has 106 valence electrons. The van der Waals surface area contributed by atoms with Crippen molar-refractivity contribution in [3.8, 4) is 5.75 Å². The lowest BCUT2D eigenvalue weighted by molar-refractivity contribution is -0.384. The number of aromatic nitrogens is 2. The molecule has 0 amide bonds. The second-order valence-electron chi connectivity index (χ2n) is 4.46. The molecule has 20 heavy (non-hydrogen) atoms. The Morgan fingerprint density at radius 1 is 1.30 bits per heavy atom. The molecule has 2 rings (SSSR count). The van der Waals surface area contributed by atoms with Crippen molar-refractivity contribution < 1.29 is 9.66 Å². The van der Waals surface area contributed by atoms with Gasteiger partial charge in [0.1, 0.15) is 5.75 Å². The van der Waals surface area contributed by atoms with E-state index in [9.17, 15) is 10.1 Å². The third kappa shape index (κ3) is 4.38. The average molecular weight is 275 g/mol. The number of non-ortho nitro benzene ring substituents is 1. The number of nitro groups is 1. The number of imidazole rings is 1. The lowest BCUT2D eigenvalue weighted by Crippen LogP contribution is -2.00. The molecule has 0 spiro atoms. The largest absolute Gasteiger partial charge is 0.493 e. The number of hydrogen-bond donors (Lipinski definition) is 0. The number of hydrogen-bond acceptors (Lipinski definition) is 4. The van der Waals surface area contributed by atoms with Crippen molar-refractivity contribution in [3.05, 3.63) is 53.1 Å². The van der Waals surface area contributed by atoms with Crippen LogP contribution in [0.25, 0.3) is 0 Å². The summed E-state index contributed by atoms with van der Waals surface area (Å²) in [5.41, 5.74) is 0.0580. The Balaban J connectivity index is 1.63. The third-order valence-electron chi connectivity index (χ3n) is 2.92. The average Bonchev–Trinajstić information content (AvgIpc) is 2.96. The van der Waals surface area contributed by atoms with E-state index in [4.69, 9.17) is 4.74 Å². The molecule has 0 fully saturated rings. The summed E-state index contributed by atoms with van der Waals surface area (Å²) in [5, 5.41) is 10.6. The molecule has 0 atom stereocenters. The van der Waals surface area contributed by atoms with Crippen LogP contribution in [0.3, 0.4) is 0 Å². The molecule has 6 heteroatoms. The molecule has 6 nitrogen and oxygen atoms in total. The summed E-state index contributed by atoms with van der Waals surface area (Å²) < 4.78 is 7.55. The van der Waals surface area contributed by atoms with Gasteiger partial charge in [0.2, 0.25) is 0 Å². The van der Waals surface area contributed by atoms with Gasteiger partial charge in [-0.05, 0) is 25.3 Å². The molecule has 1 heterocycles. The van der Waals surface area contributed by atoms with E-state index in [1.54, 1.807) is 24.7 Å². The number of rotatable bonds is 8. The molecule has 0 N–H and O–H groups in total. The monoisotopic (exact) mass is 275 g/mol. The van der Waals surface area contributed by atoms with Gasteiger partial charge in [0.15, 0.2) is 0 Å². The van der Waals surface area contributed by atoms with E-state index in [0.29, 0.717) is 12.4 Å². The highest BCUT2D eigenvalue weighted by atomic mass is 16.6. The summed E-state index contributed by atoms with van der Waals surface area (Å²) in [4.78, 5) is 14.2. The standard InChI is InChI=1S/C14H17N3O3/c18-17(19)13-5-4-6-14(11-13)20-10-3-1-2-8-16-9-7-15-12-16/h4-7,9,11-12H,1-3,8,10H2. The fourth-order valence-corrected chi connectivity index (χ4v) is 1.87. The fourth-order valence-electron chi connectivity index (χ4n) is 1.87. The predicted octanol–water partition coefficient (Wildman–Crippen LogP) is 3.04. The highest BCUT2D eigenvalue weighted by Crippen LogP contribution is 2.19. The van der Waals surface area contributed by atoms with Gasteiger partial charge in [0.25, 0.3) is 5.69 Å². The van der Waals surface area contributed by atoms with Crippen molar-refractivity contribution in [2.24, 2.45) is 0 Å². The van der Waals surface area contributed by atoms with Crippen LogP contribution in [0.4, 0.5) is 5.69 Å². The Hall–Kier alpha value is -2.37. The number of benzene rings is 1. The van der Waals surface area contributed by atoms with E-state index in [0.717, 1.165) is 25.8 Å². The first-order chi connectivity index (χ1) is 9.75. The molecule has 0 aliphatic rings. The molecule has 1 aromatic carbocycles. The smallest absolute Gasteiger partial charge is 0.273 e. The minimum Gasteiger partial charge on any atom is -0.493 e. The zero-order chi connectivity index (χ0) is 14.2. The van der Waals surface area contributed by atoms with Gasteiger partial charge < -0.3 is 9.30 Å². The van der Waals surface area contributed by atoms with E-state index in [2.05, 4.69) is 4.98 Å². The third-order valence-corrected chi connectivity index (χ3v) is 2.92. The number of nitro benzene ring substituents is 1. The molecule has 0 aliphatic heterocycles. The number of ether oxygens (including phenoxy) is 1. The van der Waals surface area contributed by atoms with Crippen LogP contribution in [-0.4, -0.2) is 21.1 Å². The van der Waals surface area contributed by atoms with Crippen LogP contribution in [0, 0.1) is 10.1 Å². The van der Waals surface area contributed by atoms with Crippen LogP contribution >= 0.6 is 0 Å². The van der Waals surface area contributed by atoms with Gasteiger partial charge in [-0.25, -0.2) is 4.98 Å². The Morgan fingerprint density at radius 2 is 2.20 bits per heavy atom. The van der Waals surface area contributed by atoms with Crippen molar-refractivity contribution in [3.63, 3.8) is 0 Å². The molecule has 0 aliphatic carbocycles. The maximum Gasteiger partial charge on any atom is 0.273 e. The summed E-state index contributed by atoms with van der Waals surface area (Å²) >= 11 is 0. The maximum atomic E-state index is 10.6. The molecule has 2 aromatic rings. The van der Waals surface area contributed by atoms with Gasteiger partial charge in [-0.3, -0.25) is 10.1 Å². The second-order valence-corrected chi connectivity index (χ2v) is 4.46. The second kappa shape index (κ2) is 7.28. The lowest BCUT2D eigenvalue weighted by atomic mass is 10.2. The topological polar surface area (TPSA) is 70.2 Å². The zero-order valence-electron chi connectivity index (χ0n) is 11.1. The van der Waals surface area contributed by atoms with Crippen LogP contribution in [0.15, 0.2) is 43.0 Å². The van der Waals surface area contributed by atoms with E-state index in [1.165, 1.54) is 12.1 Å². The Morgan fingerprint density at radius 3 is 2.95 bits per heavy atom. The Bertz CT molecular complexity index is 540. The van der Waals surface area contributed by atoms with Gasteiger partial charge in [0, 0.05) is 25.0 Å². The van der Waals surface area contributed by atoms with E-state index in [1.807, 2.05) is 10.8 Å². The quantitative estimate of drug-likeness (QED) is 0.422. The first kappa shape index (κ1) is 14.0. The van der Waals surface area contributed by atoms with Crippen molar-refractivity contribution in [1.82, 2.24) is 9.55 Å². The van der Waals surface area contributed by atoms with Gasteiger partial charge in [0.05, 0.1) is 23.9 Å². The predicted molar refractivity (Wildman–Crippen MR) is 74.7 cm³/mol. The molecule has 0 saturated heterocycles. The molecule has 0 saturated carbocycles. The Kier molecular flexibility index (Phi) is 5.11. The van der Waals surface area contributed by atoms with E-state index in [-0.39, 0.29) is 5.69 Å². The minimum absolute atomic E-state index is 0.0580. The summed E-state index contributed by atoms with van der Waals surface area (Å²) in [7, 11) is 0. The molecular weight excluding hydrogens is 258 g/mol. The van der Waals surface area contributed by atoms with Gasteiger partial charge in [-0.15, -0.1) is 0 Å². The fraction of sp³-hybridized carbons (Fsp3) is 0.357. The first-order valence-corrected chi connectivity index (χ1v) is 6.59. The Labute approximate surface area is 117 Å². The van der Waals surface area contributed by atoms with Crippen LogP contribution in [0.2, 0.25) is 0 Å². The van der Waals surface area contributed by atoms with Gasteiger partial charge in [-0.2, -0.15) is 0 Å². The van der Waals surface area contributed by atoms with E-state index < -0.39 is 4.92 Å². The van der Waals surface area contributed by atoms with Crippen molar-refractivity contribution >= 4 is 5.69 Å².